The quantitative estimate of drug-likeness (QED) is 0.880. The van der Waals surface area contributed by atoms with E-state index in [0.717, 1.165) is 5.75 Å². The largest absolute Gasteiger partial charge is 0.493 e. The predicted octanol–water partition coefficient (Wildman–Crippen LogP) is 1.75. The van der Waals surface area contributed by atoms with Crippen molar-refractivity contribution in [2.75, 3.05) is 19.7 Å². The monoisotopic (exact) mass is 263 g/mol. The zero-order valence-electron chi connectivity index (χ0n) is 11.6. The van der Waals surface area contributed by atoms with Gasteiger partial charge in [0.25, 0.3) is 0 Å². The second-order valence-electron chi connectivity index (χ2n) is 5.24. The van der Waals surface area contributed by atoms with Gasteiger partial charge in [0.1, 0.15) is 5.75 Å². The summed E-state index contributed by atoms with van der Waals surface area (Å²) < 4.78 is 5.52. The van der Waals surface area contributed by atoms with Crippen LogP contribution in [0.1, 0.15) is 25.3 Å². The van der Waals surface area contributed by atoms with Crippen molar-refractivity contribution in [3.8, 4) is 5.75 Å². The molecular weight excluding hydrogens is 242 g/mol. The van der Waals surface area contributed by atoms with Gasteiger partial charge in [0, 0.05) is 0 Å². The van der Waals surface area contributed by atoms with Crippen LogP contribution in [0.25, 0.3) is 0 Å². The molecule has 4 heteroatoms. The molecule has 1 N–H and O–H groups in total. The van der Waals surface area contributed by atoms with Crippen LogP contribution in [0.4, 0.5) is 0 Å². The molecule has 0 bridgehead atoms. The first kappa shape index (κ1) is 13.9. The van der Waals surface area contributed by atoms with Crippen molar-refractivity contribution in [3.05, 3.63) is 29.8 Å². The standard InChI is InChI=1S/C15H21NO3/c1-3-15(18)10-16(11-15)14(17)8-9-19-13-6-4-12(2)5-7-13/h4-7,18H,3,8-11H2,1-2H3. The summed E-state index contributed by atoms with van der Waals surface area (Å²) in [4.78, 5) is 13.5. The van der Waals surface area contributed by atoms with E-state index in [9.17, 15) is 9.90 Å². The minimum Gasteiger partial charge on any atom is -0.493 e. The molecule has 0 radical (unpaired) electrons. The van der Waals surface area contributed by atoms with Crippen molar-refractivity contribution in [2.24, 2.45) is 0 Å². The van der Waals surface area contributed by atoms with Crippen LogP contribution in [-0.4, -0.2) is 41.2 Å². The summed E-state index contributed by atoms with van der Waals surface area (Å²) in [6, 6.07) is 7.76. The zero-order chi connectivity index (χ0) is 13.9. The molecule has 0 atom stereocenters. The number of hydrogen-bond acceptors (Lipinski definition) is 3. The first-order valence-corrected chi connectivity index (χ1v) is 6.72. The van der Waals surface area contributed by atoms with Crippen LogP contribution in [0.15, 0.2) is 24.3 Å². The lowest BCUT2D eigenvalue weighted by atomic mass is 9.91. The fourth-order valence-electron chi connectivity index (χ4n) is 2.11. The van der Waals surface area contributed by atoms with Gasteiger partial charge >= 0.3 is 0 Å². The number of ether oxygens (including phenoxy) is 1. The second kappa shape index (κ2) is 5.61. The molecule has 1 heterocycles. The SMILES string of the molecule is CCC1(O)CN(C(=O)CCOc2ccc(C)cc2)C1. The maximum absolute atomic E-state index is 11.8. The Bertz CT molecular complexity index is 435. The van der Waals surface area contributed by atoms with Gasteiger partial charge in [-0.25, -0.2) is 0 Å². The van der Waals surface area contributed by atoms with E-state index in [2.05, 4.69) is 0 Å². The number of benzene rings is 1. The normalized spacial score (nSPS) is 16.9. The molecule has 0 aromatic heterocycles. The van der Waals surface area contributed by atoms with Gasteiger partial charge in [-0.2, -0.15) is 0 Å². The van der Waals surface area contributed by atoms with Gasteiger partial charge in [0.15, 0.2) is 0 Å². The number of likely N-dealkylation sites (tertiary alicyclic amines) is 1. The van der Waals surface area contributed by atoms with Gasteiger partial charge in [-0.05, 0) is 25.5 Å². The minimum atomic E-state index is -0.659. The van der Waals surface area contributed by atoms with E-state index in [1.54, 1.807) is 4.90 Å². The van der Waals surface area contributed by atoms with Crippen LogP contribution < -0.4 is 4.74 Å². The smallest absolute Gasteiger partial charge is 0.226 e. The average Bonchev–Trinajstić information content (AvgIpc) is 2.37. The van der Waals surface area contributed by atoms with Crippen LogP contribution in [0, 0.1) is 6.92 Å². The fraction of sp³-hybridized carbons (Fsp3) is 0.533. The molecule has 1 aliphatic heterocycles. The van der Waals surface area contributed by atoms with Gasteiger partial charge in [-0.15, -0.1) is 0 Å². The van der Waals surface area contributed by atoms with Crippen molar-refractivity contribution in [1.29, 1.82) is 0 Å². The lowest BCUT2D eigenvalue weighted by Crippen LogP contribution is -2.63. The molecular formula is C15H21NO3. The predicted molar refractivity (Wildman–Crippen MR) is 73.1 cm³/mol. The highest BCUT2D eigenvalue weighted by molar-refractivity contribution is 5.77. The molecule has 1 saturated heterocycles. The molecule has 104 valence electrons. The third-order valence-electron chi connectivity index (χ3n) is 3.59. The van der Waals surface area contributed by atoms with Gasteiger partial charge in [-0.1, -0.05) is 24.6 Å². The Labute approximate surface area is 114 Å². The molecule has 4 nitrogen and oxygen atoms in total. The number of nitrogens with zero attached hydrogens (tertiary/aromatic N) is 1. The highest BCUT2D eigenvalue weighted by atomic mass is 16.5. The summed E-state index contributed by atoms with van der Waals surface area (Å²) in [6.45, 7) is 5.23. The summed E-state index contributed by atoms with van der Waals surface area (Å²) >= 11 is 0. The van der Waals surface area contributed by atoms with Crippen molar-refractivity contribution in [3.63, 3.8) is 0 Å². The molecule has 1 aromatic carbocycles. The molecule has 1 fully saturated rings. The summed E-state index contributed by atoms with van der Waals surface area (Å²) in [7, 11) is 0. The van der Waals surface area contributed by atoms with Crippen molar-refractivity contribution >= 4 is 5.91 Å². The van der Waals surface area contributed by atoms with Crippen molar-refractivity contribution in [1.82, 2.24) is 4.90 Å². The highest BCUT2D eigenvalue weighted by Gasteiger charge is 2.41. The lowest BCUT2D eigenvalue weighted by molar-refractivity contribution is -0.156. The third kappa shape index (κ3) is 3.47. The Morgan fingerprint density at radius 3 is 2.58 bits per heavy atom. The minimum absolute atomic E-state index is 0.0465. The van der Waals surface area contributed by atoms with Crippen molar-refractivity contribution < 1.29 is 14.6 Å². The Morgan fingerprint density at radius 1 is 1.37 bits per heavy atom. The summed E-state index contributed by atoms with van der Waals surface area (Å²) in [6.07, 6.45) is 1.05. The summed E-state index contributed by atoms with van der Waals surface area (Å²) in [5.41, 5.74) is 0.524. The highest BCUT2D eigenvalue weighted by Crippen LogP contribution is 2.24. The number of carbonyl (C=O) groups is 1. The number of aryl methyl sites for hydroxylation is 1. The van der Waals surface area contributed by atoms with E-state index in [1.165, 1.54) is 5.56 Å². The van der Waals surface area contributed by atoms with Crippen LogP contribution in [0.2, 0.25) is 0 Å². The molecule has 0 unspecified atom stereocenters. The number of rotatable bonds is 5. The van der Waals surface area contributed by atoms with Crippen LogP contribution in [-0.2, 0) is 4.79 Å². The van der Waals surface area contributed by atoms with Gasteiger partial charge in [0.2, 0.25) is 5.91 Å². The number of aliphatic hydroxyl groups is 1. The molecule has 19 heavy (non-hydrogen) atoms. The Hall–Kier alpha value is -1.55. The van der Waals surface area contributed by atoms with E-state index in [0.29, 0.717) is 32.5 Å². The first-order chi connectivity index (χ1) is 9.02. The number of hydrogen-bond donors (Lipinski definition) is 1. The number of amides is 1. The van der Waals surface area contributed by atoms with Gasteiger partial charge in [0.05, 0.1) is 31.7 Å². The molecule has 2 rings (SSSR count). The maximum atomic E-state index is 11.8. The molecule has 0 spiro atoms. The Balaban J connectivity index is 1.69. The third-order valence-corrected chi connectivity index (χ3v) is 3.59. The number of carbonyl (C=O) groups excluding carboxylic acids is 1. The fourth-order valence-corrected chi connectivity index (χ4v) is 2.11. The maximum Gasteiger partial charge on any atom is 0.226 e. The molecule has 1 aromatic rings. The molecule has 1 aliphatic rings. The van der Waals surface area contributed by atoms with E-state index in [4.69, 9.17) is 4.74 Å². The Kier molecular flexibility index (Phi) is 4.10. The summed E-state index contributed by atoms with van der Waals surface area (Å²) in [5, 5.41) is 9.84. The lowest BCUT2D eigenvalue weighted by Gasteiger charge is -2.46. The number of β-amino-alcohol motifs (C(OH)–C–C–N with tert-alkyl or cyclic N) is 1. The topological polar surface area (TPSA) is 49.8 Å². The van der Waals surface area contributed by atoms with Crippen molar-refractivity contribution in [2.45, 2.75) is 32.3 Å². The Morgan fingerprint density at radius 2 is 2.00 bits per heavy atom. The van der Waals surface area contributed by atoms with E-state index >= 15 is 0 Å². The van der Waals surface area contributed by atoms with Gasteiger partial charge in [-0.3, -0.25) is 4.79 Å². The molecule has 0 aliphatic carbocycles. The zero-order valence-corrected chi connectivity index (χ0v) is 11.6. The molecule has 1 amide bonds. The van der Waals surface area contributed by atoms with Crippen LogP contribution in [0.5, 0.6) is 5.75 Å². The summed E-state index contributed by atoms with van der Waals surface area (Å²) in [5.74, 6) is 0.831. The first-order valence-electron chi connectivity index (χ1n) is 6.72. The van der Waals surface area contributed by atoms with E-state index in [-0.39, 0.29) is 5.91 Å². The van der Waals surface area contributed by atoms with Crippen LogP contribution >= 0.6 is 0 Å². The molecule has 0 saturated carbocycles. The van der Waals surface area contributed by atoms with Crippen LogP contribution in [0.3, 0.4) is 0 Å². The average molecular weight is 263 g/mol. The second-order valence-corrected chi connectivity index (χ2v) is 5.24. The van der Waals surface area contributed by atoms with E-state index < -0.39 is 5.60 Å². The van der Waals surface area contributed by atoms with E-state index in [1.807, 2.05) is 38.1 Å². The van der Waals surface area contributed by atoms with Gasteiger partial charge < -0.3 is 14.7 Å².